The predicted octanol–water partition coefficient (Wildman–Crippen LogP) is 4.96. The number of hydrogen-bond acceptors (Lipinski definition) is 8. The topological polar surface area (TPSA) is 89.5 Å². The molecule has 0 spiro atoms. The molecule has 0 bridgehead atoms. The third kappa shape index (κ3) is 5.58. The first-order valence-corrected chi connectivity index (χ1v) is 14.0. The Kier molecular flexibility index (Phi) is 6.89. The Morgan fingerprint density at radius 2 is 0.949 bits per heavy atom. The van der Waals surface area contributed by atoms with Gasteiger partial charge in [0.2, 0.25) is 9.84 Å². The molecule has 0 saturated carbocycles. The van der Waals surface area contributed by atoms with Gasteiger partial charge in [-0.15, -0.1) is 0 Å². The van der Waals surface area contributed by atoms with Crippen molar-refractivity contribution in [1.82, 2.24) is 0 Å². The summed E-state index contributed by atoms with van der Waals surface area (Å²) in [5, 5.41) is 0. The maximum absolute atomic E-state index is 13.1. The van der Waals surface area contributed by atoms with E-state index in [1.165, 1.54) is 24.3 Å². The predicted molar refractivity (Wildman–Crippen MR) is 142 cm³/mol. The van der Waals surface area contributed by atoms with Gasteiger partial charge in [0.25, 0.3) is 0 Å². The van der Waals surface area contributed by atoms with Crippen LogP contribution in [-0.4, -0.2) is 47.1 Å². The second kappa shape index (κ2) is 10.8. The minimum absolute atomic E-state index is 0.168. The molecule has 0 fully saturated rings. The van der Waals surface area contributed by atoms with Crippen molar-refractivity contribution in [3.63, 3.8) is 0 Å². The molecule has 2 unspecified atom stereocenters. The number of hydrogen-bond donors (Lipinski definition) is 0. The van der Waals surface area contributed by atoms with E-state index in [1.54, 1.807) is 24.3 Å². The van der Waals surface area contributed by atoms with Crippen molar-refractivity contribution in [1.29, 1.82) is 0 Å². The first-order valence-electron chi connectivity index (χ1n) is 12.5. The summed E-state index contributed by atoms with van der Waals surface area (Å²) in [6, 6.07) is 27.6. The van der Waals surface area contributed by atoms with Crippen LogP contribution in [0, 0.1) is 0 Å². The number of benzene rings is 4. The van der Waals surface area contributed by atoms with Crippen LogP contribution < -0.4 is 28.4 Å². The van der Waals surface area contributed by atoms with Crippen LogP contribution in [0.1, 0.15) is 0 Å². The van der Waals surface area contributed by atoms with Gasteiger partial charge in [-0.2, -0.15) is 0 Å². The van der Waals surface area contributed by atoms with E-state index < -0.39 is 9.84 Å². The van der Waals surface area contributed by atoms with Crippen LogP contribution in [0.2, 0.25) is 0 Å². The van der Waals surface area contributed by atoms with Gasteiger partial charge in [0.1, 0.15) is 37.9 Å². The van der Waals surface area contributed by atoms with Crippen LogP contribution in [0.3, 0.4) is 0 Å². The number of fused-ring (bicyclic) bond motifs is 2. The third-order valence-electron chi connectivity index (χ3n) is 6.27. The van der Waals surface area contributed by atoms with E-state index in [2.05, 4.69) is 0 Å². The molecule has 2 heterocycles. The van der Waals surface area contributed by atoms with Crippen LogP contribution in [-0.2, 0) is 9.84 Å². The summed E-state index contributed by atoms with van der Waals surface area (Å²) in [6.45, 7) is 1.29. The molecule has 0 aromatic heterocycles. The molecule has 2 atom stereocenters. The highest BCUT2D eigenvalue weighted by Gasteiger charge is 2.23. The van der Waals surface area contributed by atoms with Gasteiger partial charge in [0.05, 0.1) is 9.79 Å². The summed E-state index contributed by atoms with van der Waals surface area (Å²) in [4.78, 5) is 0.335. The molecule has 9 heteroatoms. The van der Waals surface area contributed by atoms with Crippen molar-refractivity contribution in [2.75, 3.05) is 26.4 Å². The molecule has 39 heavy (non-hydrogen) atoms. The maximum Gasteiger partial charge on any atom is 0.206 e. The molecule has 4 aromatic carbocycles. The molecule has 2 aliphatic heterocycles. The second-order valence-corrected chi connectivity index (χ2v) is 11.0. The van der Waals surface area contributed by atoms with Crippen molar-refractivity contribution in [2.45, 2.75) is 22.0 Å². The molecule has 0 aliphatic carbocycles. The van der Waals surface area contributed by atoms with Crippen LogP contribution in [0.4, 0.5) is 0 Å². The lowest BCUT2D eigenvalue weighted by Crippen LogP contribution is -2.34. The Morgan fingerprint density at radius 1 is 0.564 bits per heavy atom. The summed E-state index contributed by atoms with van der Waals surface area (Å²) >= 11 is 0. The lowest BCUT2D eigenvalue weighted by atomic mass is 10.2. The Morgan fingerprint density at radius 3 is 1.36 bits per heavy atom. The van der Waals surface area contributed by atoms with E-state index >= 15 is 0 Å². The quantitative estimate of drug-likeness (QED) is 0.307. The van der Waals surface area contributed by atoms with Gasteiger partial charge in [0, 0.05) is 0 Å². The van der Waals surface area contributed by atoms with Gasteiger partial charge < -0.3 is 28.4 Å². The van der Waals surface area contributed by atoms with Gasteiger partial charge in [0.15, 0.2) is 35.2 Å². The average Bonchev–Trinajstić information content (AvgIpc) is 2.99. The average molecular weight is 547 g/mol. The summed E-state index contributed by atoms with van der Waals surface area (Å²) in [5.41, 5.74) is 0. The normalized spacial score (nSPS) is 17.7. The fourth-order valence-electron chi connectivity index (χ4n) is 4.23. The highest BCUT2D eigenvalue weighted by atomic mass is 32.2. The van der Waals surface area contributed by atoms with Gasteiger partial charge in [-0.1, -0.05) is 24.3 Å². The smallest absolute Gasteiger partial charge is 0.206 e. The van der Waals surface area contributed by atoms with Crippen LogP contribution in [0.25, 0.3) is 0 Å². The lowest BCUT2D eigenvalue weighted by molar-refractivity contribution is 0.0535. The van der Waals surface area contributed by atoms with E-state index in [1.807, 2.05) is 48.5 Å². The zero-order chi connectivity index (χ0) is 26.7. The number of sulfone groups is 1. The van der Waals surface area contributed by atoms with Crippen molar-refractivity contribution in [3.8, 4) is 34.5 Å². The molecule has 6 rings (SSSR count). The van der Waals surface area contributed by atoms with Crippen LogP contribution >= 0.6 is 0 Å². The van der Waals surface area contributed by atoms with E-state index in [0.717, 1.165) is 0 Å². The molecule has 0 radical (unpaired) electrons. The number of ether oxygens (including phenoxy) is 6. The Balaban J connectivity index is 1.03. The summed E-state index contributed by atoms with van der Waals surface area (Å²) in [6.07, 6.45) is -0.533. The number of para-hydroxylation sites is 4. The molecule has 0 N–H and O–H groups in total. The Bertz CT molecular complexity index is 1420. The largest absolute Gasteiger partial charge is 0.490 e. The molecule has 0 saturated heterocycles. The van der Waals surface area contributed by atoms with Gasteiger partial charge in [-0.25, -0.2) is 8.42 Å². The molecule has 200 valence electrons. The summed E-state index contributed by atoms with van der Waals surface area (Å²) in [7, 11) is -3.71. The molecule has 8 nitrogen and oxygen atoms in total. The highest BCUT2D eigenvalue weighted by Crippen LogP contribution is 2.32. The lowest BCUT2D eigenvalue weighted by Gasteiger charge is -2.26. The van der Waals surface area contributed by atoms with Crippen LogP contribution in [0.15, 0.2) is 107 Å². The van der Waals surface area contributed by atoms with Gasteiger partial charge in [-0.05, 0) is 72.8 Å². The van der Waals surface area contributed by atoms with E-state index in [9.17, 15) is 8.42 Å². The van der Waals surface area contributed by atoms with Gasteiger partial charge >= 0.3 is 0 Å². The van der Waals surface area contributed by atoms with E-state index in [4.69, 9.17) is 28.4 Å². The summed E-state index contributed by atoms with van der Waals surface area (Å²) < 4.78 is 61.1. The van der Waals surface area contributed by atoms with Crippen LogP contribution in [0.5, 0.6) is 34.5 Å². The minimum atomic E-state index is -3.71. The highest BCUT2D eigenvalue weighted by molar-refractivity contribution is 7.91. The van der Waals surface area contributed by atoms with Crippen molar-refractivity contribution in [3.05, 3.63) is 97.1 Å². The second-order valence-electron chi connectivity index (χ2n) is 9.06. The van der Waals surface area contributed by atoms with E-state index in [-0.39, 0.29) is 35.2 Å². The standard InChI is InChI=1S/C30H26O8S/c31-39(32,25-13-9-21(10-14-25)33-17-23-19-35-27-5-1-3-7-29(27)37-23)26-15-11-22(12-16-26)34-18-24-20-36-28-6-2-4-8-30(28)38-24/h1-16,23-24H,17-20H2. The fraction of sp³-hybridized carbons (Fsp3) is 0.200. The first kappa shape index (κ1) is 24.9. The van der Waals surface area contributed by atoms with Crippen molar-refractivity contribution >= 4 is 9.84 Å². The molecule has 4 aromatic rings. The zero-order valence-electron chi connectivity index (χ0n) is 20.9. The summed E-state index contributed by atoms with van der Waals surface area (Å²) in [5.74, 6) is 3.85. The molecular formula is C30H26O8S. The first-order chi connectivity index (χ1) is 19.0. The van der Waals surface area contributed by atoms with Crippen molar-refractivity contribution in [2.24, 2.45) is 0 Å². The monoisotopic (exact) mass is 546 g/mol. The zero-order valence-corrected chi connectivity index (χ0v) is 21.7. The number of rotatable bonds is 8. The Hall–Kier alpha value is -4.37. The Labute approximate surface area is 226 Å². The molecular weight excluding hydrogens is 520 g/mol. The van der Waals surface area contributed by atoms with Crippen molar-refractivity contribution < 1.29 is 36.8 Å². The minimum Gasteiger partial charge on any atom is -0.490 e. The third-order valence-corrected chi connectivity index (χ3v) is 8.06. The maximum atomic E-state index is 13.1. The SMILES string of the molecule is O=S(=O)(c1ccc(OCC2COc3ccccc3O2)cc1)c1ccc(OCC2COc3ccccc3O2)cc1. The van der Waals surface area contributed by atoms with Gasteiger partial charge in [-0.3, -0.25) is 0 Å². The molecule has 0 amide bonds. The fourth-order valence-corrected chi connectivity index (χ4v) is 5.50. The van der Waals surface area contributed by atoms with E-state index in [0.29, 0.717) is 47.7 Å². The molecule has 2 aliphatic rings.